The summed E-state index contributed by atoms with van der Waals surface area (Å²) in [7, 11) is 1.70. The van der Waals surface area contributed by atoms with E-state index in [1.54, 1.807) is 27.0 Å². The van der Waals surface area contributed by atoms with Crippen molar-refractivity contribution in [3.8, 4) is 0 Å². The minimum atomic E-state index is -0.341. The molecule has 0 aliphatic carbocycles. The number of aromatic nitrogens is 2. The second-order valence-electron chi connectivity index (χ2n) is 6.81. The van der Waals surface area contributed by atoms with Crippen LogP contribution in [-0.4, -0.2) is 42.1 Å². The summed E-state index contributed by atoms with van der Waals surface area (Å²) in [6.07, 6.45) is 2.66. The average Bonchev–Trinajstić information content (AvgIpc) is 3.30. The van der Waals surface area contributed by atoms with Gasteiger partial charge in [-0.15, -0.1) is 35.3 Å². The molecule has 3 rings (SSSR count). The lowest BCUT2D eigenvalue weighted by molar-refractivity contribution is 0.0531. The Morgan fingerprint density at radius 1 is 1.42 bits per heavy atom. The first-order chi connectivity index (χ1) is 14.4. The van der Waals surface area contributed by atoms with Crippen LogP contribution in [0.2, 0.25) is 0 Å². The highest BCUT2D eigenvalue weighted by molar-refractivity contribution is 14.0. The van der Waals surface area contributed by atoms with Crippen LogP contribution >= 0.6 is 35.3 Å². The van der Waals surface area contributed by atoms with Gasteiger partial charge in [0.2, 0.25) is 0 Å². The first-order valence-electron chi connectivity index (χ1n) is 9.80. The van der Waals surface area contributed by atoms with Crippen LogP contribution in [-0.2, 0) is 11.2 Å². The van der Waals surface area contributed by atoms with Gasteiger partial charge in [-0.3, -0.25) is 4.99 Å². The Morgan fingerprint density at radius 3 is 2.90 bits per heavy atom. The number of aryl methyl sites for hydroxylation is 1. The summed E-state index contributed by atoms with van der Waals surface area (Å²) in [5, 5.41) is 8.38. The normalized spacial score (nSPS) is 12.4. The number of nitrogens with one attached hydrogen (secondary N) is 3. The summed E-state index contributed by atoms with van der Waals surface area (Å²) in [5.74, 6) is 0.0437. The number of thiazole rings is 1. The molecule has 0 bridgehead atoms. The summed E-state index contributed by atoms with van der Waals surface area (Å²) >= 11 is 1.33. The highest BCUT2D eigenvalue weighted by Gasteiger charge is 2.20. The molecule has 0 aliphatic heterocycles. The molecule has 2 aromatic heterocycles. The number of carbonyl (C=O) groups is 1. The third-order valence-electron chi connectivity index (χ3n) is 4.64. The Balaban J connectivity index is 0.00000341. The Labute approximate surface area is 201 Å². The van der Waals surface area contributed by atoms with E-state index in [1.807, 2.05) is 13.1 Å². The molecular weight excluding hydrogens is 532 g/mol. The van der Waals surface area contributed by atoms with Crippen molar-refractivity contribution in [1.29, 1.82) is 0 Å². The van der Waals surface area contributed by atoms with Crippen LogP contribution in [0.4, 0.5) is 4.39 Å². The molecule has 7 nitrogen and oxygen atoms in total. The molecule has 3 N–H and O–H groups in total. The molecule has 1 aromatic carbocycles. The maximum absolute atomic E-state index is 13.3. The van der Waals surface area contributed by atoms with Crippen molar-refractivity contribution in [2.24, 2.45) is 4.99 Å². The number of rotatable bonds is 7. The maximum Gasteiger partial charge on any atom is 0.350 e. The van der Waals surface area contributed by atoms with Crippen molar-refractivity contribution >= 4 is 58.1 Å². The molecule has 168 valence electrons. The molecule has 1 unspecified atom stereocenters. The molecule has 0 saturated carbocycles. The van der Waals surface area contributed by atoms with Gasteiger partial charge in [0, 0.05) is 30.7 Å². The number of aromatic amines is 1. The summed E-state index contributed by atoms with van der Waals surface area (Å²) in [4.78, 5) is 24.4. The lowest BCUT2D eigenvalue weighted by Crippen LogP contribution is -2.39. The average molecular weight is 559 g/mol. The molecule has 0 aliphatic rings. The lowest BCUT2D eigenvalue weighted by Gasteiger charge is -2.16. The lowest BCUT2D eigenvalue weighted by atomic mass is 10.1. The summed E-state index contributed by atoms with van der Waals surface area (Å²) in [6, 6.07) is 4.63. The zero-order chi connectivity index (χ0) is 21.7. The molecule has 0 spiro atoms. The van der Waals surface area contributed by atoms with Gasteiger partial charge < -0.3 is 20.4 Å². The summed E-state index contributed by atoms with van der Waals surface area (Å²) in [5.41, 5.74) is 2.56. The fourth-order valence-electron chi connectivity index (χ4n) is 3.13. The number of benzene rings is 1. The number of carbonyl (C=O) groups excluding carboxylic acids is 1. The van der Waals surface area contributed by atoms with Gasteiger partial charge in [0.15, 0.2) is 5.96 Å². The van der Waals surface area contributed by atoms with Gasteiger partial charge in [0.1, 0.15) is 15.7 Å². The second-order valence-corrected chi connectivity index (χ2v) is 7.84. The fourth-order valence-corrected chi connectivity index (χ4v) is 4.09. The van der Waals surface area contributed by atoms with Crippen LogP contribution in [0.25, 0.3) is 10.9 Å². The molecule has 2 heterocycles. The standard InChI is InChI=1S/C21H26FN5O2S.HI/c1-5-29-20(28)18-12(2)26-19(30-18)13(3)27-21(23-4)24-9-8-14-11-25-17-10-15(22)6-7-16(14)17;/h6-7,10-11,13,25H,5,8-9H2,1-4H3,(H2,23,24,27);1H. The summed E-state index contributed by atoms with van der Waals surface area (Å²) in [6.45, 7) is 6.54. The second kappa shape index (κ2) is 11.4. The van der Waals surface area contributed by atoms with Crippen molar-refractivity contribution < 1.29 is 13.9 Å². The highest BCUT2D eigenvalue weighted by atomic mass is 127. The van der Waals surface area contributed by atoms with Crippen LogP contribution in [0, 0.1) is 12.7 Å². The number of guanidine groups is 1. The Hall–Kier alpha value is -2.21. The maximum atomic E-state index is 13.3. The van der Waals surface area contributed by atoms with Crippen molar-refractivity contribution in [3.63, 3.8) is 0 Å². The molecule has 31 heavy (non-hydrogen) atoms. The molecular formula is C21H27FIN5O2S. The zero-order valence-electron chi connectivity index (χ0n) is 17.9. The SMILES string of the molecule is CCOC(=O)c1sc(C(C)NC(=NC)NCCc2c[nH]c3cc(F)ccc23)nc1C.I. The van der Waals surface area contributed by atoms with Crippen LogP contribution in [0.5, 0.6) is 0 Å². The first kappa shape index (κ1) is 25.1. The number of ether oxygens (including phenoxy) is 1. The third-order valence-corrected chi connectivity index (χ3v) is 5.96. The van der Waals surface area contributed by atoms with E-state index in [-0.39, 0.29) is 41.8 Å². The number of aliphatic imine (C=N–C) groups is 1. The number of esters is 1. The Kier molecular flexibility index (Phi) is 9.23. The van der Waals surface area contributed by atoms with E-state index in [4.69, 9.17) is 4.74 Å². The molecule has 3 aromatic rings. The number of H-pyrrole nitrogens is 1. The van der Waals surface area contributed by atoms with E-state index >= 15 is 0 Å². The molecule has 0 saturated heterocycles. The van der Waals surface area contributed by atoms with E-state index in [9.17, 15) is 9.18 Å². The van der Waals surface area contributed by atoms with Crippen molar-refractivity contribution in [2.45, 2.75) is 33.2 Å². The summed E-state index contributed by atoms with van der Waals surface area (Å²) < 4.78 is 18.4. The van der Waals surface area contributed by atoms with Crippen molar-refractivity contribution in [2.75, 3.05) is 20.2 Å². The number of halogens is 2. The number of fused-ring (bicyclic) bond motifs is 1. The van der Waals surface area contributed by atoms with E-state index < -0.39 is 0 Å². The Bertz CT molecular complexity index is 1070. The predicted octanol–water partition coefficient (Wildman–Crippen LogP) is 4.34. The van der Waals surface area contributed by atoms with Crippen LogP contribution < -0.4 is 10.6 Å². The van der Waals surface area contributed by atoms with Gasteiger partial charge in [-0.1, -0.05) is 0 Å². The zero-order valence-corrected chi connectivity index (χ0v) is 21.1. The van der Waals surface area contributed by atoms with E-state index in [0.717, 1.165) is 27.9 Å². The topological polar surface area (TPSA) is 91.4 Å². The minimum absolute atomic E-state index is 0. The molecule has 1 atom stereocenters. The third kappa shape index (κ3) is 6.16. The number of nitrogens with zero attached hydrogens (tertiary/aromatic N) is 2. The van der Waals surface area contributed by atoms with Gasteiger partial charge in [-0.2, -0.15) is 0 Å². The molecule has 10 heteroatoms. The quantitative estimate of drug-likeness (QED) is 0.174. The monoisotopic (exact) mass is 559 g/mol. The van der Waals surface area contributed by atoms with E-state index in [2.05, 4.69) is 25.6 Å². The largest absolute Gasteiger partial charge is 0.462 e. The predicted molar refractivity (Wildman–Crippen MR) is 133 cm³/mol. The number of hydrogen-bond donors (Lipinski definition) is 3. The minimum Gasteiger partial charge on any atom is -0.462 e. The van der Waals surface area contributed by atoms with E-state index in [1.165, 1.54) is 23.5 Å². The van der Waals surface area contributed by atoms with Gasteiger partial charge in [0.25, 0.3) is 0 Å². The highest BCUT2D eigenvalue weighted by Crippen LogP contribution is 2.24. The fraction of sp³-hybridized carbons (Fsp3) is 0.381. The van der Waals surface area contributed by atoms with Crippen LogP contribution in [0.3, 0.4) is 0 Å². The van der Waals surface area contributed by atoms with Gasteiger partial charge in [-0.05, 0) is 51.0 Å². The molecule has 0 amide bonds. The van der Waals surface area contributed by atoms with Crippen molar-refractivity contribution in [1.82, 2.24) is 20.6 Å². The van der Waals surface area contributed by atoms with E-state index in [0.29, 0.717) is 29.7 Å². The van der Waals surface area contributed by atoms with Gasteiger partial charge in [0.05, 0.1) is 18.3 Å². The smallest absolute Gasteiger partial charge is 0.350 e. The number of hydrogen-bond acceptors (Lipinski definition) is 5. The first-order valence-corrected chi connectivity index (χ1v) is 10.6. The molecule has 0 fully saturated rings. The van der Waals surface area contributed by atoms with Gasteiger partial charge >= 0.3 is 5.97 Å². The van der Waals surface area contributed by atoms with Gasteiger partial charge in [-0.25, -0.2) is 14.2 Å². The molecule has 0 radical (unpaired) electrons. The van der Waals surface area contributed by atoms with Crippen LogP contribution in [0.15, 0.2) is 29.4 Å². The van der Waals surface area contributed by atoms with Crippen LogP contribution in [0.1, 0.15) is 45.8 Å². The van der Waals surface area contributed by atoms with Crippen molar-refractivity contribution in [3.05, 3.63) is 51.4 Å². The Morgan fingerprint density at radius 2 is 2.19 bits per heavy atom.